The van der Waals surface area contributed by atoms with E-state index >= 15 is 0 Å². The van der Waals surface area contributed by atoms with Crippen molar-refractivity contribution in [1.82, 2.24) is 20.6 Å². The highest BCUT2D eigenvalue weighted by molar-refractivity contribution is 6.32. The minimum Gasteiger partial charge on any atom is -0.497 e. The van der Waals surface area contributed by atoms with Crippen molar-refractivity contribution < 1.29 is 23.8 Å². The Morgan fingerprint density at radius 3 is 2.41 bits per heavy atom. The maximum atomic E-state index is 12.6. The molecule has 0 saturated heterocycles. The lowest BCUT2D eigenvalue weighted by Gasteiger charge is -2.17. The van der Waals surface area contributed by atoms with Gasteiger partial charge in [-0.2, -0.15) is 0 Å². The van der Waals surface area contributed by atoms with Crippen molar-refractivity contribution in [3.8, 4) is 23.0 Å². The summed E-state index contributed by atoms with van der Waals surface area (Å²) in [6.45, 7) is 0.444. The SMILES string of the molecule is COc1ccc(Oc2ccc(CNC(=O)[C@@H](CCN)NC(=O)Oc3cncnc3)cc2)c(Cl)c1. The summed E-state index contributed by atoms with van der Waals surface area (Å²) < 4.78 is 16.0. The van der Waals surface area contributed by atoms with Crippen LogP contribution in [-0.2, 0) is 11.3 Å². The number of carbonyl (C=O) groups excluding carboxylic acids is 2. The van der Waals surface area contributed by atoms with Gasteiger partial charge in [0.1, 0.15) is 29.6 Å². The van der Waals surface area contributed by atoms with E-state index in [1.54, 1.807) is 37.4 Å². The van der Waals surface area contributed by atoms with Crippen LogP contribution in [0.1, 0.15) is 12.0 Å². The van der Waals surface area contributed by atoms with Crippen molar-refractivity contribution in [2.45, 2.75) is 19.0 Å². The number of methoxy groups -OCH3 is 1. The van der Waals surface area contributed by atoms with Gasteiger partial charge in [0.25, 0.3) is 0 Å². The summed E-state index contributed by atoms with van der Waals surface area (Å²) >= 11 is 6.20. The second-order valence-electron chi connectivity index (χ2n) is 7.00. The van der Waals surface area contributed by atoms with Gasteiger partial charge in [0.15, 0.2) is 5.75 Å². The van der Waals surface area contributed by atoms with Crippen LogP contribution in [0.2, 0.25) is 5.02 Å². The average molecular weight is 486 g/mol. The van der Waals surface area contributed by atoms with Crippen molar-refractivity contribution in [2.24, 2.45) is 5.73 Å². The van der Waals surface area contributed by atoms with Crippen LogP contribution in [0.15, 0.2) is 61.2 Å². The van der Waals surface area contributed by atoms with Crippen LogP contribution in [0.3, 0.4) is 0 Å². The number of carbonyl (C=O) groups is 2. The number of hydrogen-bond acceptors (Lipinski definition) is 8. The average Bonchev–Trinajstić information content (AvgIpc) is 2.85. The van der Waals surface area contributed by atoms with Gasteiger partial charge in [-0.15, -0.1) is 0 Å². The molecule has 178 valence electrons. The third kappa shape index (κ3) is 7.32. The quantitative estimate of drug-likeness (QED) is 0.398. The number of aromatic nitrogens is 2. The molecule has 2 amide bonds. The maximum absolute atomic E-state index is 12.6. The monoisotopic (exact) mass is 485 g/mol. The van der Waals surface area contributed by atoms with E-state index in [-0.39, 0.29) is 25.3 Å². The highest BCUT2D eigenvalue weighted by Gasteiger charge is 2.21. The first-order valence-corrected chi connectivity index (χ1v) is 10.7. The van der Waals surface area contributed by atoms with Crippen molar-refractivity contribution in [2.75, 3.05) is 13.7 Å². The molecule has 3 rings (SSSR count). The summed E-state index contributed by atoms with van der Waals surface area (Å²) in [6, 6.07) is 11.4. The zero-order chi connectivity index (χ0) is 24.3. The highest BCUT2D eigenvalue weighted by atomic mass is 35.5. The fourth-order valence-corrected chi connectivity index (χ4v) is 3.07. The van der Waals surface area contributed by atoms with Gasteiger partial charge in [0, 0.05) is 12.6 Å². The third-order valence-electron chi connectivity index (χ3n) is 4.57. The largest absolute Gasteiger partial charge is 0.497 e. The van der Waals surface area contributed by atoms with Crippen LogP contribution in [0.25, 0.3) is 0 Å². The normalized spacial score (nSPS) is 11.3. The second-order valence-corrected chi connectivity index (χ2v) is 7.41. The van der Waals surface area contributed by atoms with E-state index in [0.717, 1.165) is 5.56 Å². The first-order chi connectivity index (χ1) is 16.5. The molecule has 11 heteroatoms. The summed E-state index contributed by atoms with van der Waals surface area (Å²) in [5.74, 6) is 1.47. The second kappa shape index (κ2) is 12.4. The lowest BCUT2D eigenvalue weighted by Crippen LogP contribution is -2.48. The first-order valence-electron chi connectivity index (χ1n) is 10.3. The molecule has 4 N–H and O–H groups in total. The standard InChI is InChI=1S/C23H24ClN5O5/c1-32-17-6-7-21(19(24)10-17)33-16-4-2-15(3-5-16)11-28-22(30)20(8-9-25)29-23(31)34-18-12-26-14-27-13-18/h2-7,10,12-14,20H,8-9,11,25H2,1H3,(H,28,30)(H,29,31)/t20-/m1/s1. The molecule has 3 aromatic rings. The van der Waals surface area contributed by atoms with Gasteiger partial charge < -0.3 is 30.6 Å². The molecule has 1 atom stereocenters. The molecule has 1 heterocycles. The highest BCUT2D eigenvalue weighted by Crippen LogP contribution is 2.32. The first kappa shape index (κ1) is 24.7. The number of benzene rings is 2. The molecule has 1 aromatic heterocycles. The van der Waals surface area contributed by atoms with Crippen LogP contribution in [0, 0.1) is 0 Å². The molecular weight excluding hydrogens is 462 g/mol. The molecule has 0 radical (unpaired) electrons. The molecule has 0 aliphatic rings. The van der Waals surface area contributed by atoms with Crippen LogP contribution in [-0.4, -0.2) is 41.7 Å². The molecule has 0 saturated carbocycles. The molecular formula is C23H24ClN5O5. The Bertz CT molecular complexity index is 1100. The van der Waals surface area contributed by atoms with E-state index in [9.17, 15) is 9.59 Å². The molecule has 2 aromatic carbocycles. The number of amides is 2. The number of nitrogens with zero attached hydrogens (tertiary/aromatic N) is 2. The van der Waals surface area contributed by atoms with E-state index in [1.807, 2.05) is 12.1 Å². The van der Waals surface area contributed by atoms with E-state index in [4.69, 9.17) is 31.5 Å². The Hall–Kier alpha value is -3.89. The van der Waals surface area contributed by atoms with Gasteiger partial charge >= 0.3 is 6.09 Å². The molecule has 0 fully saturated rings. The van der Waals surface area contributed by atoms with E-state index in [0.29, 0.717) is 22.3 Å². The number of ether oxygens (including phenoxy) is 3. The van der Waals surface area contributed by atoms with Gasteiger partial charge in [-0.1, -0.05) is 23.7 Å². The topological polar surface area (TPSA) is 138 Å². The Labute approximate surface area is 201 Å². The third-order valence-corrected chi connectivity index (χ3v) is 4.86. The van der Waals surface area contributed by atoms with Gasteiger partial charge in [0.05, 0.1) is 24.5 Å². The number of nitrogens with two attached hydrogens (primary N) is 1. The van der Waals surface area contributed by atoms with E-state index in [1.165, 1.54) is 18.7 Å². The minimum atomic E-state index is -0.859. The lowest BCUT2D eigenvalue weighted by molar-refractivity contribution is -0.123. The fourth-order valence-electron chi connectivity index (χ4n) is 2.86. The Morgan fingerprint density at radius 1 is 1.06 bits per heavy atom. The minimum absolute atomic E-state index is 0.158. The zero-order valence-electron chi connectivity index (χ0n) is 18.4. The lowest BCUT2D eigenvalue weighted by atomic mass is 10.1. The van der Waals surface area contributed by atoms with Crippen molar-refractivity contribution in [3.05, 3.63) is 71.8 Å². The predicted octanol–water partition coefficient (Wildman–Crippen LogP) is 3.05. The smallest absolute Gasteiger partial charge is 0.413 e. The summed E-state index contributed by atoms with van der Waals surface area (Å²) in [5.41, 5.74) is 6.42. The Morgan fingerprint density at radius 2 is 1.76 bits per heavy atom. The van der Waals surface area contributed by atoms with Gasteiger partial charge in [-0.25, -0.2) is 14.8 Å². The molecule has 0 aliphatic heterocycles. The summed E-state index contributed by atoms with van der Waals surface area (Å²) in [6.07, 6.45) is 3.41. The van der Waals surface area contributed by atoms with Gasteiger partial charge in [-0.05, 0) is 42.8 Å². The summed E-state index contributed by atoms with van der Waals surface area (Å²) in [5, 5.41) is 5.70. The molecule has 34 heavy (non-hydrogen) atoms. The maximum Gasteiger partial charge on any atom is 0.413 e. The number of halogens is 1. The van der Waals surface area contributed by atoms with Crippen LogP contribution >= 0.6 is 11.6 Å². The van der Waals surface area contributed by atoms with Crippen molar-refractivity contribution in [3.63, 3.8) is 0 Å². The van der Waals surface area contributed by atoms with E-state index in [2.05, 4.69) is 20.6 Å². The van der Waals surface area contributed by atoms with Crippen molar-refractivity contribution in [1.29, 1.82) is 0 Å². The number of hydrogen-bond donors (Lipinski definition) is 3. The van der Waals surface area contributed by atoms with E-state index < -0.39 is 18.0 Å². The summed E-state index contributed by atoms with van der Waals surface area (Å²) in [4.78, 5) is 32.2. The molecule has 10 nitrogen and oxygen atoms in total. The van der Waals surface area contributed by atoms with Crippen LogP contribution < -0.4 is 30.6 Å². The van der Waals surface area contributed by atoms with Crippen LogP contribution in [0.5, 0.6) is 23.0 Å². The Balaban J connectivity index is 1.52. The fraction of sp³-hybridized carbons (Fsp3) is 0.217. The van der Waals surface area contributed by atoms with Gasteiger partial charge in [-0.3, -0.25) is 4.79 Å². The zero-order valence-corrected chi connectivity index (χ0v) is 19.1. The molecule has 0 bridgehead atoms. The number of rotatable bonds is 10. The molecule has 0 unspecified atom stereocenters. The molecule has 0 aliphatic carbocycles. The predicted molar refractivity (Wildman–Crippen MR) is 125 cm³/mol. The summed E-state index contributed by atoms with van der Waals surface area (Å²) in [7, 11) is 1.56. The van der Waals surface area contributed by atoms with Crippen molar-refractivity contribution >= 4 is 23.6 Å². The molecule has 0 spiro atoms. The Kier molecular flexibility index (Phi) is 9.01. The van der Waals surface area contributed by atoms with Crippen LogP contribution in [0.4, 0.5) is 4.79 Å². The van der Waals surface area contributed by atoms with Gasteiger partial charge in [0.2, 0.25) is 5.91 Å². The number of nitrogens with one attached hydrogen (secondary N) is 2.